The van der Waals surface area contributed by atoms with Gasteiger partial charge in [-0.15, -0.1) is 0 Å². The summed E-state index contributed by atoms with van der Waals surface area (Å²) < 4.78 is 23.1. The standard InChI is InChI=1S/C14H21N3O2S/c1-10-11(4-2-6-14(10)20(15,18)19)16-12-7-9-17-8-3-5-13(12)17/h2,4,6,12-13,16H,3,5,7-9H2,1H3,(H2,15,18,19). The van der Waals surface area contributed by atoms with E-state index in [0.717, 1.165) is 18.7 Å². The van der Waals surface area contributed by atoms with Gasteiger partial charge in [0.1, 0.15) is 0 Å². The number of benzene rings is 1. The highest BCUT2D eigenvalue weighted by molar-refractivity contribution is 7.89. The molecule has 2 atom stereocenters. The van der Waals surface area contributed by atoms with Crippen LogP contribution in [0.15, 0.2) is 23.1 Å². The third-order valence-electron chi connectivity index (χ3n) is 4.54. The lowest BCUT2D eigenvalue weighted by Crippen LogP contribution is -2.34. The lowest BCUT2D eigenvalue weighted by molar-refractivity contribution is 0.318. The number of nitrogens with zero attached hydrogens (tertiary/aromatic N) is 1. The summed E-state index contributed by atoms with van der Waals surface area (Å²) in [7, 11) is -3.66. The van der Waals surface area contributed by atoms with Crippen LogP contribution in [0.2, 0.25) is 0 Å². The average Bonchev–Trinajstić information content (AvgIpc) is 2.95. The molecule has 0 spiro atoms. The monoisotopic (exact) mass is 295 g/mol. The molecule has 2 heterocycles. The zero-order valence-corrected chi connectivity index (χ0v) is 12.5. The molecular weight excluding hydrogens is 274 g/mol. The smallest absolute Gasteiger partial charge is 0.238 e. The molecule has 1 aromatic rings. The molecule has 0 bridgehead atoms. The highest BCUT2D eigenvalue weighted by Gasteiger charge is 2.37. The predicted molar refractivity (Wildman–Crippen MR) is 79.2 cm³/mol. The number of anilines is 1. The van der Waals surface area contributed by atoms with E-state index in [-0.39, 0.29) is 4.90 Å². The van der Waals surface area contributed by atoms with Crippen LogP contribution in [0.5, 0.6) is 0 Å². The highest BCUT2D eigenvalue weighted by atomic mass is 32.2. The van der Waals surface area contributed by atoms with Crippen LogP contribution >= 0.6 is 0 Å². The minimum absolute atomic E-state index is 0.212. The van der Waals surface area contributed by atoms with Gasteiger partial charge in [-0.05, 0) is 50.4 Å². The number of sulfonamides is 1. The van der Waals surface area contributed by atoms with E-state index in [0.29, 0.717) is 17.6 Å². The number of fused-ring (bicyclic) bond motifs is 1. The molecule has 1 aromatic carbocycles. The van der Waals surface area contributed by atoms with E-state index in [9.17, 15) is 8.42 Å². The molecule has 0 radical (unpaired) electrons. The molecule has 0 saturated carbocycles. The first-order valence-electron chi connectivity index (χ1n) is 7.10. The summed E-state index contributed by atoms with van der Waals surface area (Å²) >= 11 is 0. The lowest BCUT2D eigenvalue weighted by Gasteiger charge is -2.23. The minimum Gasteiger partial charge on any atom is -0.380 e. The SMILES string of the molecule is Cc1c(NC2CCN3CCCC23)cccc1S(N)(=O)=O. The third kappa shape index (κ3) is 2.43. The Labute approximate surface area is 120 Å². The molecule has 2 fully saturated rings. The number of hydrogen-bond acceptors (Lipinski definition) is 4. The maximum Gasteiger partial charge on any atom is 0.238 e. The molecule has 6 heteroatoms. The van der Waals surface area contributed by atoms with Crippen molar-refractivity contribution in [3.05, 3.63) is 23.8 Å². The molecule has 0 aliphatic carbocycles. The van der Waals surface area contributed by atoms with Crippen molar-refractivity contribution in [3.63, 3.8) is 0 Å². The Morgan fingerprint density at radius 2 is 2.10 bits per heavy atom. The maximum atomic E-state index is 11.6. The molecule has 5 nitrogen and oxygen atoms in total. The summed E-state index contributed by atoms with van der Waals surface area (Å²) in [5, 5.41) is 8.79. The van der Waals surface area contributed by atoms with Gasteiger partial charge in [0, 0.05) is 24.3 Å². The van der Waals surface area contributed by atoms with E-state index in [4.69, 9.17) is 5.14 Å². The number of hydrogen-bond donors (Lipinski definition) is 2. The minimum atomic E-state index is -3.66. The van der Waals surface area contributed by atoms with Crippen molar-refractivity contribution in [1.82, 2.24) is 4.90 Å². The van der Waals surface area contributed by atoms with Crippen LogP contribution in [-0.4, -0.2) is 38.5 Å². The molecule has 3 rings (SSSR count). The normalized spacial score (nSPS) is 26.7. The van der Waals surface area contributed by atoms with Crippen LogP contribution in [0.3, 0.4) is 0 Å². The second-order valence-electron chi connectivity index (χ2n) is 5.76. The summed E-state index contributed by atoms with van der Waals surface area (Å²) in [6, 6.07) is 6.24. The number of nitrogens with one attached hydrogen (secondary N) is 1. The number of rotatable bonds is 3. The second kappa shape index (κ2) is 5.02. The number of nitrogens with two attached hydrogens (primary N) is 1. The third-order valence-corrected chi connectivity index (χ3v) is 5.59. The predicted octanol–water partition coefficient (Wildman–Crippen LogP) is 1.29. The van der Waals surface area contributed by atoms with E-state index < -0.39 is 10.0 Å². The Kier molecular flexibility index (Phi) is 3.48. The zero-order valence-electron chi connectivity index (χ0n) is 11.7. The van der Waals surface area contributed by atoms with Gasteiger partial charge in [0.2, 0.25) is 10.0 Å². The van der Waals surface area contributed by atoms with E-state index in [1.54, 1.807) is 12.1 Å². The molecule has 0 aromatic heterocycles. The van der Waals surface area contributed by atoms with Gasteiger partial charge in [0.05, 0.1) is 4.90 Å². The van der Waals surface area contributed by atoms with Gasteiger partial charge in [-0.2, -0.15) is 0 Å². The van der Waals surface area contributed by atoms with Crippen LogP contribution in [0, 0.1) is 6.92 Å². The largest absolute Gasteiger partial charge is 0.380 e. The van der Waals surface area contributed by atoms with Crippen molar-refractivity contribution in [2.24, 2.45) is 5.14 Å². The summed E-state index contributed by atoms with van der Waals surface area (Å²) in [5.74, 6) is 0. The van der Waals surface area contributed by atoms with E-state index >= 15 is 0 Å². The highest BCUT2D eigenvalue weighted by Crippen LogP contribution is 2.31. The number of primary sulfonamides is 1. The molecule has 110 valence electrons. The van der Waals surface area contributed by atoms with E-state index in [1.165, 1.54) is 19.4 Å². The lowest BCUT2D eigenvalue weighted by atomic mass is 10.1. The van der Waals surface area contributed by atoms with Gasteiger partial charge in [-0.3, -0.25) is 4.90 Å². The van der Waals surface area contributed by atoms with Gasteiger partial charge in [-0.25, -0.2) is 13.6 Å². The fourth-order valence-corrected chi connectivity index (χ4v) is 4.33. The fraction of sp³-hybridized carbons (Fsp3) is 0.571. The van der Waals surface area contributed by atoms with Crippen molar-refractivity contribution in [3.8, 4) is 0 Å². The van der Waals surface area contributed by atoms with Crippen LogP contribution in [0.4, 0.5) is 5.69 Å². The Morgan fingerprint density at radius 3 is 2.85 bits per heavy atom. The Morgan fingerprint density at radius 1 is 1.30 bits per heavy atom. The molecule has 2 aliphatic rings. The topological polar surface area (TPSA) is 75.4 Å². The fourth-order valence-electron chi connectivity index (χ4n) is 3.53. The first-order valence-corrected chi connectivity index (χ1v) is 8.64. The van der Waals surface area contributed by atoms with Gasteiger partial charge >= 0.3 is 0 Å². The first-order chi connectivity index (χ1) is 9.47. The van der Waals surface area contributed by atoms with Crippen LogP contribution in [0.25, 0.3) is 0 Å². The molecule has 2 unspecified atom stereocenters. The Balaban J connectivity index is 1.85. The Hall–Kier alpha value is -1.11. The van der Waals surface area contributed by atoms with Crippen molar-refractivity contribution >= 4 is 15.7 Å². The summed E-state index contributed by atoms with van der Waals surface area (Å²) in [6.45, 7) is 4.14. The maximum absolute atomic E-state index is 11.6. The molecule has 2 saturated heterocycles. The molecular formula is C14H21N3O2S. The van der Waals surface area contributed by atoms with Crippen LogP contribution in [-0.2, 0) is 10.0 Å². The van der Waals surface area contributed by atoms with E-state index in [2.05, 4.69) is 10.2 Å². The molecule has 0 amide bonds. The molecule has 3 N–H and O–H groups in total. The van der Waals surface area contributed by atoms with Gasteiger partial charge in [-0.1, -0.05) is 6.07 Å². The molecule has 20 heavy (non-hydrogen) atoms. The van der Waals surface area contributed by atoms with Crippen molar-refractivity contribution < 1.29 is 8.42 Å². The van der Waals surface area contributed by atoms with E-state index in [1.807, 2.05) is 13.0 Å². The average molecular weight is 295 g/mol. The second-order valence-corrected chi connectivity index (χ2v) is 7.29. The first kappa shape index (κ1) is 13.9. The summed E-state index contributed by atoms with van der Waals surface area (Å²) in [6.07, 6.45) is 3.61. The van der Waals surface area contributed by atoms with Gasteiger partial charge in [0.15, 0.2) is 0 Å². The van der Waals surface area contributed by atoms with Crippen LogP contribution < -0.4 is 10.5 Å². The van der Waals surface area contributed by atoms with Gasteiger partial charge < -0.3 is 5.32 Å². The van der Waals surface area contributed by atoms with Crippen LogP contribution in [0.1, 0.15) is 24.8 Å². The zero-order chi connectivity index (χ0) is 14.3. The van der Waals surface area contributed by atoms with Crippen molar-refractivity contribution in [2.45, 2.75) is 43.2 Å². The van der Waals surface area contributed by atoms with Crippen molar-refractivity contribution in [2.75, 3.05) is 18.4 Å². The summed E-state index contributed by atoms with van der Waals surface area (Å²) in [4.78, 5) is 2.74. The van der Waals surface area contributed by atoms with Gasteiger partial charge in [0.25, 0.3) is 0 Å². The molecule has 2 aliphatic heterocycles. The van der Waals surface area contributed by atoms with Crippen molar-refractivity contribution in [1.29, 1.82) is 0 Å². The Bertz CT molecular complexity index is 615. The summed E-state index contributed by atoms with van der Waals surface area (Å²) in [5.41, 5.74) is 1.60. The quantitative estimate of drug-likeness (QED) is 0.881.